The zero-order chi connectivity index (χ0) is 12.3. The number of anilines is 1. The molecule has 2 N–H and O–H groups in total. The van der Waals surface area contributed by atoms with E-state index in [1.807, 2.05) is 18.2 Å². The molecule has 0 aliphatic rings. The van der Waals surface area contributed by atoms with Gasteiger partial charge in [0.25, 0.3) is 0 Å². The van der Waals surface area contributed by atoms with Gasteiger partial charge in [0, 0.05) is 13.1 Å². The monoisotopic (exact) mass is 233 g/mol. The summed E-state index contributed by atoms with van der Waals surface area (Å²) in [6.07, 6.45) is 0.689. The maximum absolute atomic E-state index is 9.31. The van der Waals surface area contributed by atoms with Crippen LogP contribution in [0.25, 0.3) is 11.0 Å². The Morgan fingerprint density at radius 2 is 2.18 bits per heavy atom. The summed E-state index contributed by atoms with van der Waals surface area (Å²) in [5.74, 6) is 0.842. The minimum absolute atomic E-state index is 0.370. The molecule has 4 nitrogen and oxygen atoms in total. The minimum Gasteiger partial charge on any atom is -0.392 e. The second-order valence-electron chi connectivity index (χ2n) is 4.31. The zero-order valence-corrected chi connectivity index (χ0v) is 10.3. The molecule has 0 bridgehead atoms. The minimum atomic E-state index is -0.370. The Hall–Kier alpha value is -1.55. The van der Waals surface area contributed by atoms with E-state index in [4.69, 9.17) is 0 Å². The second kappa shape index (κ2) is 5.19. The van der Waals surface area contributed by atoms with E-state index in [2.05, 4.69) is 27.9 Å². The molecule has 1 aromatic carbocycles. The summed E-state index contributed by atoms with van der Waals surface area (Å²) in [7, 11) is 0. The first kappa shape index (κ1) is 11.9. The van der Waals surface area contributed by atoms with Gasteiger partial charge < -0.3 is 15.0 Å². The van der Waals surface area contributed by atoms with Crippen LogP contribution in [0.1, 0.15) is 20.3 Å². The van der Waals surface area contributed by atoms with E-state index in [0.717, 1.165) is 29.9 Å². The standard InChI is InChI=1S/C13H19N3O/c1-3-8-16-12-7-5-4-6-11(12)15-13(16)14-9-10(2)17/h4-7,10,17H,3,8-9H2,1-2H3,(H,14,15)/t10-/m0/s1. The fraction of sp³-hybridized carbons (Fsp3) is 0.462. The third-order valence-corrected chi connectivity index (χ3v) is 2.66. The van der Waals surface area contributed by atoms with Crippen LogP contribution in [0.5, 0.6) is 0 Å². The molecule has 17 heavy (non-hydrogen) atoms. The molecule has 0 aliphatic carbocycles. The first-order valence-corrected chi connectivity index (χ1v) is 6.09. The summed E-state index contributed by atoms with van der Waals surface area (Å²) < 4.78 is 2.16. The van der Waals surface area contributed by atoms with Crippen LogP contribution >= 0.6 is 0 Å². The molecule has 2 aromatic rings. The number of nitrogens with one attached hydrogen (secondary N) is 1. The molecule has 0 saturated heterocycles. The molecular weight excluding hydrogens is 214 g/mol. The number of nitrogens with zero attached hydrogens (tertiary/aromatic N) is 2. The number of benzene rings is 1. The summed E-state index contributed by atoms with van der Waals surface area (Å²) in [5, 5.41) is 12.5. The molecule has 0 spiro atoms. The first-order valence-electron chi connectivity index (χ1n) is 6.09. The lowest BCUT2D eigenvalue weighted by Crippen LogP contribution is -2.18. The molecule has 92 valence electrons. The van der Waals surface area contributed by atoms with Gasteiger partial charge in [0.1, 0.15) is 0 Å². The predicted octanol–water partition coefficient (Wildman–Crippen LogP) is 2.24. The lowest BCUT2D eigenvalue weighted by atomic mass is 10.3. The van der Waals surface area contributed by atoms with Crippen molar-refractivity contribution in [3.05, 3.63) is 24.3 Å². The van der Waals surface area contributed by atoms with Gasteiger partial charge in [0.15, 0.2) is 0 Å². The largest absolute Gasteiger partial charge is 0.392 e. The topological polar surface area (TPSA) is 50.1 Å². The van der Waals surface area contributed by atoms with Gasteiger partial charge in [-0.05, 0) is 25.5 Å². The lowest BCUT2D eigenvalue weighted by Gasteiger charge is -2.10. The van der Waals surface area contributed by atoms with E-state index in [9.17, 15) is 5.11 Å². The van der Waals surface area contributed by atoms with Crippen LogP contribution in [0.3, 0.4) is 0 Å². The van der Waals surface area contributed by atoms with Crippen molar-refractivity contribution >= 4 is 17.0 Å². The molecule has 1 aromatic heterocycles. The number of aliphatic hydroxyl groups excluding tert-OH is 1. The Kier molecular flexibility index (Phi) is 3.64. The summed E-state index contributed by atoms with van der Waals surface area (Å²) in [6.45, 7) is 5.36. The number of imidazole rings is 1. The summed E-state index contributed by atoms with van der Waals surface area (Å²) >= 11 is 0. The Morgan fingerprint density at radius 3 is 2.88 bits per heavy atom. The highest BCUT2D eigenvalue weighted by molar-refractivity contribution is 5.78. The fourth-order valence-corrected chi connectivity index (χ4v) is 1.90. The third-order valence-electron chi connectivity index (χ3n) is 2.66. The lowest BCUT2D eigenvalue weighted by molar-refractivity contribution is 0.208. The molecule has 4 heteroatoms. The molecule has 1 heterocycles. The number of fused-ring (bicyclic) bond motifs is 1. The highest BCUT2D eigenvalue weighted by atomic mass is 16.3. The molecule has 0 fully saturated rings. The molecule has 0 radical (unpaired) electrons. The Morgan fingerprint density at radius 1 is 1.41 bits per heavy atom. The van der Waals surface area contributed by atoms with Crippen molar-refractivity contribution in [1.82, 2.24) is 9.55 Å². The zero-order valence-electron chi connectivity index (χ0n) is 10.3. The molecule has 1 atom stereocenters. The number of para-hydroxylation sites is 2. The summed E-state index contributed by atoms with van der Waals surface area (Å²) in [6, 6.07) is 8.10. The van der Waals surface area contributed by atoms with E-state index in [1.54, 1.807) is 6.92 Å². The van der Waals surface area contributed by atoms with Crippen molar-refractivity contribution < 1.29 is 5.11 Å². The van der Waals surface area contributed by atoms with Gasteiger partial charge >= 0.3 is 0 Å². The summed E-state index contributed by atoms with van der Waals surface area (Å²) in [5.41, 5.74) is 2.14. The van der Waals surface area contributed by atoms with Crippen LogP contribution in [-0.2, 0) is 6.54 Å². The quantitative estimate of drug-likeness (QED) is 0.832. The highest BCUT2D eigenvalue weighted by Gasteiger charge is 2.09. The smallest absolute Gasteiger partial charge is 0.203 e. The average molecular weight is 233 g/mol. The normalized spacial score (nSPS) is 12.9. The van der Waals surface area contributed by atoms with Crippen LogP contribution < -0.4 is 5.32 Å². The Labute approximate surface area is 101 Å². The van der Waals surface area contributed by atoms with Crippen molar-refractivity contribution in [1.29, 1.82) is 0 Å². The molecular formula is C13H19N3O. The van der Waals surface area contributed by atoms with Gasteiger partial charge in [-0.2, -0.15) is 0 Å². The third kappa shape index (κ3) is 2.58. The van der Waals surface area contributed by atoms with E-state index >= 15 is 0 Å². The molecule has 0 aliphatic heterocycles. The van der Waals surface area contributed by atoms with Gasteiger partial charge in [-0.1, -0.05) is 19.1 Å². The number of aliphatic hydroxyl groups is 1. The van der Waals surface area contributed by atoms with Crippen LogP contribution in [-0.4, -0.2) is 27.3 Å². The molecule has 0 unspecified atom stereocenters. The van der Waals surface area contributed by atoms with E-state index in [1.165, 1.54) is 0 Å². The van der Waals surface area contributed by atoms with Crippen LogP contribution in [0.4, 0.5) is 5.95 Å². The van der Waals surface area contributed by atoms with Crippen LogP contribution in [0, 0.1) is 0 Å². The Bertz CT molecular complexity index is 490. The number of aryl methyl sites for hydroxylation is 1. The van der Waals surface area contributed by atoms with Gasteiger partial charge in [0.05, 0.1) is 17.1 Å². The fourth-order valence-electron chi connectivity index (χ4n) is 1.90. The first-order chi connectivity index (χ1) is 8.22. The maximum atomic E-state index is 9.31. The van der Waals surface area contributed by atoms with E-state index in [-0.39, 0.29) is 6.10 Å². The number of hydrogen-bond donors (Lipinski definition) is 2. The average Bonchev–Trinajstić information content (AvgIpc) is 2.66. The van der Waals surface area contributed by atoms with Gasteiger partial charge in [-0.25, -0.2) is 4.98 Å². The van der Waals surface area contributed by atoms with Gasteiger partial charge in [-0.3, -0.25) is 0 Å². The molecule has 0 amide bonds. The highest BCUT2D eigenvalue weighted by Crippen LogP contribution is 2.19. The van der Waals surface area contributed by atoms with Crippen molar-refractivity contribution in [2.45, 2.75) is 32.9 Å². The maximum Gasteiger partial charge on any atom is 0.203 e. The van der Waals surface area contributed by atoms with Crippen molar-refractivity contribution in [3.8, 4) is 0 Å². The van der Waals surface area contributed by atoms with Gasteiger partial charge in [-0.15, -0.1) is 0 Å². The predicted molar refractivity (Wildman–Crippen MR) is 70.2 cm³/mol. The van der Waals surface area contributed by atoms with Gasteiger partial charge in [0.2, 0.25) is 5.95 Å². The molecule has 2 rings (SSSR count). The van der Waals surface area contributed by atoms with Crippen LogP contribution in [0.2, 0.25) is 0 Å². The second-order valence-corrected chi connectivity index (χ2v) is 4.31. The number of hydrogen-bond acceptors (Lipinski definition) is 3. The number of rotatable bonds is 5. The van der Waals surface area contributed by atoms with Crippen molar-refractivity contribution in [3.63, 3.8) is 0 Å². The summed E-state index contributed by atoms with van der Waals surface area (Å²) in [4.78, 5) is 4.54. The van der Waals surface area contributed by atoms with Crippen molar-refractivity contribution in [2.24, 2.45) is 0 Å². The van der Waals surface area contributed by atoms with E-state index in [0.29, 0.717) is 6.54 Å². The molecule has 0 saturated carbocycles. The number of aromatic nitrogens is 2. The Balaban J connectivity index is 2.35. The van der Waals surface area contributed by atoms with Crippen molar-refractivity contribution in [2.75, 3.05) is 11.9 Å². The van der Waals surface area contributed by atoms with E-state index < -0.39 is 0 Å². The van der Waals surface area contributed by atoms with Crippen LogP contribution in [0.15, 0.2) is 24.3 Å². The SMILES string of the molecule is CCCn1c(NC[C@H](C)O)nc2ccccc21.